The molecule has 8 nitrogen and oxygen atoms in total. The summed E-state index contributed by atoms with van der Waals surface area (Å²) in [6, 6.07) is 71.0. The van der Waals surface area contributed by atoms with E-state index in [1.54, 1.807) is 71.0 Å². The maximum absolute atomic E-state index is 13.6. The largest absolute Gasteiger partial charge is 0.311 e. The topological polar surface area (TPSA) is 71.8 Å². The molecule has 0 aromatic heterocycles. The van der Waals surface area contributed by atoms with Crippen LogP contribution < -0.4 is 19.8 Å². The second-order valence-electron chi connectivity index (χ2n) is 14.2. The van der Waals surface area contributed by atoms with Crippen molar-refractivity contribution in [1.29, 1.82) is 0 Å². The van der Waals surface area contributed by atoms with Crippen molar-refractivity contribution in [3.63, 3.8) is 0 Å². The molecule has 0 atom stereocenters. The first kappa shape index (κ1) is 40.0. The standard InChI is InChI=1S/C52H44N6O2S/c1-55(53-39-41-23-27-49(28-24-41)57(45-15-7-3-8-16-45)46-17-9-4-10-18-46)43-31-35-51(36-32-43)61(59,60)52-37-33-44(34-38-52)56(2)54-40-42-25-29-50(30-26-42)58(47-19-11-5-12-20-47)48-21-13-6-14-22-48/h3-40H,1-2H3/b53-39+,54-40+. The second kappa shape index (κ2) is 18.4. The minimum absolute atomic E-state index is 0.200. The molecule has 0 unspecified atom stereocenters. The van der Waals surface area contributed by atoms with E-state index in [9.17, 15) is 8.42 Å². The maximum atomic E-state index is 13.6. The van der Waals surface area contributed by atoms with E-state index in [0.29, 0.717) is 0 Å². The summed E-state index contributed by atoms with van der Waals surface area (Å²) in [5, 5.41) is 12.7. The summed E-state index contributed by atoms with van der Waals surface area (Å²) in [5.74, 6) is 0. The van der Waals surface area contributed by atoms with Crippen LogP contribution in [0.1, 0.15) is 11.1 Å². The average Bonchev–Trinajstić information content (AvgIpc) is 3.32. The summed E-state index contributed by atoms with van der Waals surface area (Å²) in [6.07, 6.45) is 3.57. The van der Waals surface area contributed by atoms with Crippen molar-refractivity contribution in [2.75, 3.05) is 33.9 Å². The van der Waals surface area contributed by atoms with Gasteiger partial charge in [-0.15, -0.1) is 0 Å². The highest BCUT2D eigenvalue weighted by molar-refractivity contribution is 7.91. The third-order valence-electron chi connectivity index (χ3n) is 10.2. The molecule has 0 N–H and O–H groups in total. The number of hydrogen-bond acceptors (Lipinski definition) is 8. The van der Waals surface area contributed by atoms with E-state index >= 15 is 0 Å². The number of rotatable bonds is 14. The minimum atomic E-state index is -3.76. The molecule has 0 bridgehead atoms. The zero-order chi connectivity index (χ0) is 42.0. The normalized spacial score (nSPS) is 11.4. The van der Waals surface area contributed by atoms with Crippen molar-refractivity contribution in [2.45, 2.75) is 9.79 Å². The smallest absolute Gasteiger partial charge is 0.206 e. The van der Waals surface area contributed by atoms with E-state index < -0.39 is 9.84 Å². The van der Waals surface area contributed by atoms with Crippen molar-refractivity contribution in [2.24, 2.45) is 10.2 Å². The fourth-order valence-electron chi connectivity index (χ4n) is 6.88. The summed E-state index contributed by atoms with van der Waals surface area (Å²) < 4.78 is 27.3. The Morgan fingerprint density at radius 1 is 0.328 bits per heavy atom. The fourth-order valence-corrected chi connectivity index (χ4v) is 8.14. The van der Waals surface area contributed by atoms with Gasteiger partial charge < -0.3 is 9.80 Å². The molecule has 0 saturated carbocycles. The Morgan fingerprint density at radius 2 is 0.574 bits per heavy atom. The zero-order valence-corrected chi connectivity index (χ0v) is 34.7. The summed E-state index contributed by atoms with van der Waals surface area (Å²) in [4.78, 5) is 4.81. The fraction of sp³-hybridized carbons (Fsp3) is 0.0385. The Hall–Kier alpha value is -7.75. The molecule has 8 aromatic carbocycles. The highest BCUT2D eigenvalue weighted by Gasteiger charge is 2.19. The number of sulfone groups is 1. The van der Waals surface area contributed by atoms with E-state index in [4.69, 9.17) is 0 Å². The molecular weight excluding hydrogens is 773 g/mol. The van der Waals surface area contributed by atoms with Gasteiger partial charge in [-0.1, -0.05) is 97.1 Å². The Balaban J connectivity index is 0.891. The van der Waals surface area contributed by atoms with Gasteiger partial charge in [0, 0.05) is 48.2 Å². The monoisotopic (exact) mass is 816 g/mol. The van der Waals surface area contributed by atoms with Crippen LogP contribution in [0.4, 0.5) is 45.5 Å². The predicted octanol–water partition coefficient (Wildman–Crippen LogP) is 12.4. The van der Waals surface area contributed by atoms with Crippen LogP contribution in [0.2, 0.25) is 0 Å². The van der Waals surface area contributed by atoms with Gasteiger partial charge in [0.1, 0.15) is 0 Å². The molecule has 0 aliphatic rings. The lowest BCUT2D eigenvalue weighted by Gasteiger charge is -2.25. The summed E-state index contributed by atoms with van der Waals surface area (Å²) in [7, 11) is -0.0942. The lowest BCUT2D eigenvalue weighted by molar-refractivity contribution is 0.596. The molecule has 0 radical (unpaired) electrons. The Kier molecular flexibility index (Phi) is 12.1. The molecule has 0 fully saturated rings. The lowest BCUT2D eigenvalue weighted by Crippen LogP contribution is -2.11. The van der Waals surface area contributed by atoms with Crippen molar-refractivity contribution >= 4 is 67.8 Å². The summed E-state index contributed by atoms with van der Waals surface area (Å²) in [6.45, 7) is 0. The molecule has 0 spiro atoms. The van der Waals surface area contributed by atoms with E-state index in [-0.39, 0.29) is 9.79 Å². The van der Waals surface area contributed by atoms with Crippen molar-refractivity contribution in [3.05, 3.63) is 230 Å². The summed E-state index contributed by atoms with van der Waals surface area (Å²) in [5.41, 5.74) is 9.70. The molecule has 0 aliphatic heterocycles. The average molecular weight is 817 g/mol. The van der Waals surface area contributed by atoms with Crippen LogP contribution in [-0.2, 0) is 9.84 Å². The van der Waals surface area contributed by atoms with Crippen LogP contribution in [0, 0.1) is 0 Å². The highest BCUT2D eigenvalue weighted by Crippen LogP contribution is 2.35. The number of hydrazone groups is 2. The van der Waals surface area contributed by atoms with Gasteiger partial charge in [0.25, 0.3) is 0 Å². The molecule has 0 saturated heterocycles. The minimum Gasteiger partial charge on any atom is -0.311 e. The Morgan fingerprint density at radius 3 is 0.852 bits per heavy atom. The van der Waals surface area contributed by atoms with Gasteiger partial charge >= 0.3 is 0 Å². The van der Waals surface area contributed by atoms with Gasteiger partial charge in [0.15, 0.2) is 0 Å². The molecule has 0 heterocycles. The van der Waals surface area contributed by atoms with Crippen LogP contribution in [0.5, 0.6) is 0 Å². The van der Waals surface area contributed by atoms with Crippen LogP contribution in [0.25, 0.3) is 0 Å². The van der Waals surface area contributed by atoms with Crippen molar-refractivity contribution < 1.29 is 8.42 Å². The SMILES string of the molecule is CN(/N=C/c1ccc(N(c2ccccc2)c2ccccc2)cc1)c1ccc(S(=O)(=O)c2ccc(N(C)/N=C/c3ccc(N(c4ccccc4)c4ccccc4)cc3)cc2)cc1. The molecule has 8 aromatic rings. The van der Waals surface area contributed by atoms with Gasteiger partial charge in [0.05, 0.1) is 33.6 Å². The zero-order valence-electron chi connectivity index (χ0n) is 33.8. The predicted molar refractivity (Wildman–Crippen MR) is 253 cm³/mol. The molecule has 0 aliphatic carbocycles. The van der Waals surface area contributed by atoms with Gasteiger partial charge in [0.2, 0.25) is 9.84 Å². The Labute approximate surface area is 358 Å². The third kappa shape index (κ3) is 9.44. The first-order valence-corrected chi connectivity index (χ1v) is 21.3. The van der Waals surface area contributed by atoms with E-state index in [0.717, 1.165) is 56.6 Å². The second-order valence-corrected chi connectivity index (χ2v) is 16.2. The number of anilines is 8. The van der Waals surface area contributed by atoms with E-state index in [1.807, 2.05) is 111 Å². The van der Waals surface area contributed by atoms with E-state index in [1.165, 1.54) is 0 Å². The Bertz CT molecular complexity index is 2530. The van der Waals surface area contributed by atoms with E-state index in [2.05, 4.69) is 92.8 Å². The van der Waals surface area contributed by atoms with Gasteiger partial charge in [-0.3, -0.25) is 10.0 Å². The maximum Gasteiger partial charge on any atom is 0.206 e. The molecule has 8 rings (SSSR count). The molecule has 300 valence electrons. The van der Waals surface area contributed by atoms with Gasteiger partial charge in [-0.05, 0) is 132 Å². The molecule has 61 heavy (non-hydrogen) atoms. The quantitative estimate of drug-likeness (QED) is 0.0804. The molecule has 9 heteroatoms. The van der Waals surface area contributed by atoms with Crippen molar-refractivity contribution in [3.8, 4) is 0 Å². The number of nitrogens with zero attached hydrogens (tertiary/aromatic N) is 6. The summed E-state index contributed by atoms with van der Waals surface area (Å²) >= 11 is 0. The number of hydrogen-bond donors (Lipinski definition) is 0. The van der Waals surface area contributed by atoms with Crippen LogP contribution in [-0.4, -0.2) is 34.9 Å². The number of para-hydroxylation sites is 4. The van der Waals surface area contributed by atoms with Gasteiger partial charge in [-0.25, -0.2) is 8.42 Å². The first-order chi connectivity index (χ1) is 29.8. The van der Waals surface area contributed by atoms with Crippen LogP contribution >= 0.6 is 0 Å². The first-order valence-electron chi connectivity index (χ1n) is 19.8. The molecular formula is C52H44N6O2S. The molecule has 0 amide bonds. The lowest BCUT2D eigenvalue weighted by atomic mass is 10.1. The van der Waals surface area contributed by atoms with Gasteiger partial charge in [-0.2, -0.15) is 10.2 Å². The van der Waals surface area contributed by atoms with Crippen LogP contribution in [0.3, 0.4) is 0 Å². The number of benzene rings is 8. The third-order valence-corrected chi connectivity index (χ3v) is 11.9. The van der Waals surface area contributed by atoms with Crippen LogP contribution in [0.15, 0.2) is 238 Å². The van der Waals surface area contributed by atoms with Crippen molar-refractivity contribution in [1.82, 2.24) is 0 Å². The highest BCUT2D eigenvalue weighted by atomic mass is 32.2.